The first kappa shape index (κ1) is 23.4. The molecule has 1 unspecified atom stereocenters. The van der Waals surface area contributed by atoms with Crippen LogP contribution in [0.15, 0.2) is 46.3 Å². The average molecular weight is 479 g/mol. The number of benzene rings is 1. The van der Waals surface area contributed by atoms with E-state index >= 15 is 0 Å². The van der Waals surface area contributed by atoms with Crippen molar-refractivity contribution in [3.63, 3.8) is 0 Å². The van der Waals surface area contributed by atoms with Gasteiger partial charge in [0.05, 0.1) is 11.6 Å². The number of piperidine rings is 1. The average Bonchev–Trinajstić information content (AvgIpc) is 3.51. The van der Waals surface area contributed by atoms with Crippen LogP contribution < -0.4 is 5.32 Å². The number of thiophene rings is 1. The van der Waals surface area contributed by atoms with E-state index in [0.29, 0.717) is 25.5 Å². The number of hydrogen-bond donors (Lipinski definition) is 1. The van der Waals surface area contributed by atoms with Gasteiger partial charge in [0.1, 0.15) is 0 Å². The second-order valence-corrected chi connectivity index (χ2v) is 9.17. The van der Waals surface area contributed by atoms with E-state index in [1.54, 1.807) is 11.3 Å². The number of amides is 1. The van der Waals surface area contributed by atoms with E-state index in [-0.39, 0.29) is 29.3 Å². The van der Waals surface area contributed by atoms with Gasteiger partial charge in [-0.05, 0) is 62.9 Å². The summed E-state index contributed by atoms with van der Waals surface area (Å²) < 4.78 is 44.3. The lowest BCUT2D eigenvalue weighted by Gasteiger charge is -2.33. The third-order valence-corrected chi connectivity index (χ3v) is 6.88. The maximum atomic E-state index is 13.0. The third kappa shape index (κ3) is 5.80. The van der Waals surface area contributed by atoms with Gasteiger partial charge in [-0.2, -0.15) is 18.2 Å². The van der Waals surface area contributed by atoms with Crippen LogP contribution >= 0.6 is 11.3 Å². The van der Waals surface area contributed by atoms with Gasteiger partial charge in [0, 0.05) is 22.9 Å². The van der Waals surface area contributed by atoms with Gasteiger partial charge in [0.2, 0.25) is 17.6 Å². The highest BCUT2D eigenvalue weighted by Gasteiger charge is 2.32. The number of carbonyl (C=O) groups excluding carboxylic acids is 1. The number of nitrogens with one attached hydrogen (secondary N) is 1. The van der Waals surface area contributed by atoms with E-state index in [1.165, 1.54) is 17.0 Å². The molecule has 1 atom stereocenters. The Hall–Kier alpha value is -2.72. The number of hydrogen-bond acceptors (Lipinski definition) is 6. The first-order valence-corrected chi connectivity index (χ1v) is 11.7. The quantitative estimate of drug-likeness (QED) is 0.520. The van der Waals surface area contributed by atoms with Crippen LogP contribution in [-0.2, 0) is 17.4 Å². The van der Waals surface area contributed by atoms with Gasteiger partial charge in [0.25, 0.3) is 0 Å². The summed E-state index contributed by atoms with van der Waals surface area (Å²) in [7, 11) is 0. The Morgan fingerprint density at radius 1 is 1.27 bits per heavy atom. The van der Waals surface area contributed by atoms with Gasteiger partial charge in [0.15, 0.2) is 0 Å². The molecule has 176 valence electrons. The molecular formula is C23H25F3N4O2S. The van der Waals surface area contributed by atoms with Gasteiger partial charge in [-0.1, -0.05) is 23.4 Å². The number of aromatic nitrogens is 2. The van der Waals surface area contributed by atoms with Gasteiger partial charge in [-0.3, -0.25) is 9.69 Å². The van der Waals surface area contributed by atoms with Crippen molar-refractivity contribution in [2.45, 2.75) is 38.4 Å². The molecule has 1 N–H and O–H groups in total. The first-order valence-electron chi connectivity index (χ1n) is 10.9. The zero-order valence-corrected chi connectivity index (χ0v) is 19.0. The smallest absolute Gasteiger partial charge is 0.355 e. The van der Waals surface area contributed by atoms with Crippen LogP contribution in [0.1, 0.15) is 42.1 Å². The highest BCUT2D eigenvalue weighted by molar-refractivity contribution is 7.09. The van der Waals surface area contributed by atoms with Crippen LogP contribution in [0.4, 0.5) is 13.2 Å². The largest absolute Gasteiger partial charge is 0.416 e. The number of likely N-dealkylation sites (tertiary alicyclic amines) is 1. The molecule has 1 aliphatic heterocycles. The molecule has 0 radical (unpaired) electrons. The normalized spacial score (nSPS) is 16.6. The first-order chi connectivity index (χ1) is 15.8. The van der Waals surface area contributed by atoms with Crippen LogP contribution in [-0.4, -0.2) is 40.6 Å². The fraction of sp³-hybridized carbons (Fsp3) is 0.435. The second-order valence-electron chi connectivity index (χ2n) is 8.14. The topological polar surface area (TPSA) is 71.3 Å². The molecule has 1 saturated heterocycles. The van der Waals surface area contributed by atoms with E-state index in [1.807, 2.05) is 18.4 Å². The lowest BCUT2D eigenvalue weighted by Crippen LogP contribution is -2.41. The van der Waals surface area contributed by atoms with Crippen molar-refractivity contribution in [3.05, 3.63) is 58.1 Å². The number of rotatable bonds is 7. The molecule has 0 aliphatic carbocycles. The Morgan fingerprint density at radius 2 is 2.06 bits per heavy atom. The van der Waals surface area contributed by atoms with Gasteiger partial charge >= 0.3 is 6.18 Å². The van der Waals surface area contributed by atoms with Crippen LogP contribution in [0.2, 0.25) is 0 Å². The molecular weight excluding hydrogens is 453 g/mol. The molecule has 0 saturated carbocycles. The Bertz CT molecular complexity index is 1060. The van der Waals surface area contributed by atoms with Gasteiger partial charge < -0.3 is 9.84 Å². The van der Waals surface area contributed by atoms with Crippen LogP contribution in [0.25, 0.3) is 11.4 Å². The minimum atomic E-state index is -4.43. The van der Waals surface area contributed by atoms with Crippen LogP contribution in [0.5, 0.6) is 0 Å². The molecule has 0 bridgehead atoms. The molecule has 10 heteroatoms. The Morgan fingerprint density at radius 3 is 2.76 bits per heavy atom. The number of carbonyl (C=O) groups is 1. The summed E-state index contributed by atoms with van der Waals surface area (Å²) in [5.74, 6) is 0.535. The number of nitrogens with zero attached hydrogens (tertiary/aromatic N) is 3. The minimum Gasteiger partial charge on any atom is -0.355 e. The molecule has 33 heavy (non-hydrogen) atoms. The van der Waals surface area contributed by atoms with Crippen molar-refractivity contribution in [3.8, 4) is 11.4 Å². The van der Waals surface area contributed by atoms with E-state index < -0.39 is 11.7 Å². The van der Waals surface area contributed by atoms with Crippen molar-refractivity contribution in [1.29, 1.82) is 0 Å². The summed E-state index contributed by atoms with van der Waals surface area (Å²) in [6.07, 6.45) is -2.14. The summed E-state index contributed by atoms with van der Waals surface area (Å²) in [4.78, 5) is 20.2. The Kier molecular flexibility index (Phi) is 7.14. The van der Waals surface area contributed by atoms with E-state index in [2.05, 4.69) is 26.4 Å². The maximum absolute atomic E-state index is 13.0. The molecule has 1 aromatic carbocycles. The van der Waals surface area contributed by atoms with E-state index in [4.69, 9.17) is 4.52 Å². The minimum absolute atomic E-state index is 0.0276. The lowest BCUT2D eigenvalue weighted by atomic mass is 9.95. The SMILES string of the molecule is CC(c1nc(-c2cccc(C(F)(F)F)c2)no1)N1CCC(C(=O)NCCc2cccs2)CC1. The summed E-state index contributed by atoms with van der Waals surface area (Å²) >= 11 is 1.69. The number of alkyl halides is 3. The molecule has 6 nitrogen and oxygen atoms in total. The molecule has 1 aliphatic rings. The predicted octanol–water partition coefficient (Wildman–Crippen LogP) is 4.95. The maximum Gasteiger partial charge on any atom is 0.416 e. The van der Waals surface area contributed by atoms with Crippen molar-refractivity contribution in [1.82, 2.24) is 20.4 Å². The summed E-state index contributed by atoms with van der Waals surface area (Å²) in [5.41, 5.74) is -0.500. The molecule has 1 amide bonds. The Balaban J connectivity index is 1.30. The highest BCUT2D eigenvalue weighted by atomic mass is 32.1. The molecule has 2 aromatic heterocycles. The second kappa shape index (κ2) is 10.0. The van der Waals surface area contributed by atoms with Crippen molar-refractivity contribution in [2.75, 3.05) is 19.6 Å². The number of halogens is 3. The molecule has 0 spiro atoms. The summed E-state index contributed by atoms with van der Waals surface area (Å²) in [5, 5.41) is 8.94. The summed E-state index contributed by atoms with van der Waals surface area (Å²) in [6.45, 7) is 3.96. The lowest BCUT2D eigenvalue weighted by molar-refractivity contribution is -0.137. The third-order valence-electron chi connectivity index (χ3n) is 5.95. The van der Waals surface area contributed by atoms with Crippen molar-refractivity contribution < 1.29 is 22.5 Å². The highest BCUT2D eigenvalue weighted by Crippen LogP contribution is 2.32. The fourth-order valence-corrected chi connectivity index (χ4v) is 4.68. The van der Waals surface area contributed by atoms with Gasteiger partial charge in [-0.15, -0.1) is 11.3 Å². The zero-order valence-electron chi connectivity index (χ0n) is 18.1. The standard InChI is InChI=1S/C23H25F3N4O2S/c1-15(22-28-20(29-32-22)17-4-2-5-18(14-17)23(24,25)26)30-11-8-16(9-12-30)21(31)27-10-7-19-6-3-13-33-19/h2-6,13-16H,7-12H2,1H3,(H,27,31). The predicted molar refractivity (Wildman–Crippen MR) is 118 cm³/mol. The van der Waals surface area contributed by atoms with E-state index in [0.717, 1.165) is 31.4 Å². The monoisotopic (exact) mass is 478 g/mol. The molecule has 1 fully saturated rings. The van der Waals surface area contributed by atoms with Crippen molar-refractivity contribution in [2.24, 2.45) is 5.92 Å². The van der Waals surface area contributed by atoms with Crippen molar-refractivity contribution >= 4 is 17.2 Å². The zero-order chi connectivity index (χ0) is 23.4. The van der Waals surface area contributed by atoms with Crippen LogP contribution in [0, 0.1) is 5.92 Å². The molecule has 3 aromatic rings. The molecule has 4 rings (SSSR count). The summed E-state index contributed by atoms with van der Waals surface area (Å²) in [6, 6.07) is 8.75. The van der Waals surface area contributed by atoms with E-state index in [9.17, 15) is 18.0 Å². The Labute approximate surface area is 193 Å². The van der Waals surface area contributed by atoms with Gasteiger partial charge in [-0.25, -0.2) is 0 Å². The van der Waals surface area contributed by atoms with Crippen LogP contribution in [0.3, 0.4) is 0 Å². The fourth-order valence-electron chi connectivity index (χ4n) is 3.97. The molecule has 3 heterocycles.